The highest BCUT2D eigenvalue weighted by atomic mass is 127. The number of benzene rings is 1. The molecule has 0 bridgehead atoms. The molecule has 142 valence electrons. The van der Waals surface area contributed by atoms with Gasteiger partial charge in [-0.3, -0.25) is 4.99 Å². The molecule has 2 N–H and O–H groups in total. The topological polar surface area (TPSA) is 39.7 Å². The zero-order valence-electron chi connectivity index (χ0n) is 16.0. The number of hydrogen-bond donors (Lipinski definition) is 2. The second-order valence-corrected chi connectivity index (χ2v) is 6.81. The van der Waals surface area contributed by atoms with Crippen molar-refractivity contribution in [3.8, 4) is 0 Å². The second-order valence-electron chi connectivity index (χ2n) is 6.81. The molecule has 0 spiro atoms. The van der Waals surface area contributed by atoms with Crippen molar-refractivity contribution < 1.29 is 0 Å². The Morgan fingerprint density at radius 1 is 1.24 bits per heavy atom. The Balaban J connectivity index is 0.00000312. The van der Waals surface area contributed by atoms with Crippen LogP contribution in [-0.2, 0) is 0 Å². The van der Waals surface area contributed by atoms with E-state index in [-0.39, 0.29) is 24.0 Å². The van der Waals surface area contributed by atoms with Crippen molar-refractivity contribution in [3.63, 3.8) is 0 Å². The molecule has 2 rings (SSSR count). The number of hydrogen-bond acceptors (Lipinski definition) is 2. The summed E-state index contributed by atoms with van der Waals surface area (Å²) < 4.78 is 0. The summed E-state index contributed by atoms with van der Waals surface area (Å²) in [6.45, 7) is 13.0. The van der Waals surface area contributed by atoms with Gasteiger partial charge in [-0.1, -0.05) is 44.2 Å². The largest absolute Gasteiger partial charge is 0.357 e. The maximum atomic E-state index is 4.79. The third kappa shape index (κ3) is 7.94. The minimum atomic E-state index is 0. The van der Waals surface area contributed by atoms with Gasteiger partial charge in [-0.15, -0.1) is 24.0 Å². The van der Waals surface area contributed by atoms with Crippen LogP contribution in [0.3, 0.4) is 0 Å². The van der Waals surface area contributed by atoms with E-state index < -0.39 is 0 Å². The molecule has 5 heteroatoms. The molecular formula is C20H35IN4. The van der Waals surface area contributed by atoms with Crippen molar-refractivity contribution in [2.75, 3.05) is 39.3 Å². The molecule has 1 aromatic rings. The molecule has 2 atom stereocenters. The minimum Gasteiger partial charge on any atom is -0.357 e. The summed E-state index contributed by atoms with van der Waals surface area (Å²) in [5.41, 5.74) is 1.35. The van der Waals surface area contributed by atoms with Gasteiger partial charge < -0.3 is 15.5 Å². The summed E-state index contributed by atoms with van der Waals surface area (Å²) >= 11 is 0. The molecule has 0 aliphatic carbocycles. The van der Waals surface area contributed by atoms with Crippen LogP contribution < -0.4 is 10.6 Å². The molecule has 1 aliphatic heterocycles. The summed E-state index contributed by atoms with van der Waals surface area (Å²) in [6, 6.07) is 10.6. The molecule has 0 saturated carbocycles. The van der Waals surface area contributed by atoms with Gasteiger partial charge in [0.05, 0.1) is 0 Å². The number of rotatable bonds is 7. The summed E-state index contributed by atoms with van der Waals surface area (Å²) in [6.07, 6.45) is 2.64. The minimum absolute atomic E-state index is 0. The molecule has 1 fully saturated rings. The van der Waals surface area contributed by atoms with Crippen LogP contribution in [0.2, 0.25) is 0 Å². The van der Waals surface area contributed by atoms with E-state index >= 15 is 0 Å². The van der Waals surface area contributed by atoms with Gasteiger partial charge in [0.25, 0.3) is 0 Å². The number of nitrogens with zero attached hydrogens (tertiary/aromatic N) is 2. The predicted molar refractivity (Wildman–Crippen MR) is 119 cm³/mol. The fourth-order valence-corrected chi connectivity index (χ4v) is 3.30. The van der Waals surface area contributed by atoms with Crippen LogP contribution in [0.5, 0.6) is 0 Å². The van der Waals surface area contributed by atoms with Gasteiger partial charge in [0, 0.05) is 32.1 Å². The van der Waals surface area contributed by atoms with E-state index in [0.717, 1.165) is 31.5 Å². The number of piperidine rings is 1. The zero-order chi connectivity index (χ0) is 17.2. The van der Waals surface area contributed by atoms with E-state index in [9.17, 15) is 0 Å². The normalized spacial score (nSPS) is 19.8. The van der Waals surface area contributed by atoms with Crippen molar-refractivity contribution in [2.24, 2.45) is 10.9 Å². The summed E-state index contributed by atoms with van der Waals surface area (Å²) in [4.78, 5) is 7.35. The first-order valence-electron chi connectivity index (χ1n) is 9.52. The SMILES string of the molecule is CCNC(=NCC(C)c1ccccc1)NCC1CCCN(CC)C1.I. The lowest BCUT2D eigenvalue weighted by Gasteiger charge is -2.32. The lowest BCUT2D eigenvalue weighted by atomic mass is 9.98. The predicted octanol–water partition coefficient (Wildman–Crippen LogP) is 3.70. The Morgan fingerprint density at radius 2 is 2.00 bits per heavy atom. The number of halogens is 1. The summed E-state index contributed by atoms with van der Waals surface area (Å²) in [5.74, 6) is 2.12. The van der Waals surface area contributed by atoms with E-state index in [1.165, 1.54) is 38.0 Å². The van der Waals surface area contributed by atoms with E-state index in [2.05, 4.69) is 66.6 Å². The third-order valence-electron chi connectivity index (χ3n) is 4.84. The average molecular weight is 458 g/mol. The first-order chi connectivity index (χ1) is 11.7. The maximum absolute atomic E-state index is 4.79. The van der Waals surface area contributed by atoms with Crippen molar-refractivity contribution in [1.82, 2.24) is 15.5 Å². The molecule has 1 aromatic carbocycles. The van der Waals surface area contributed by atoms with Crippen molar-refractivity contribution in [1.29, 1.82) is 0 Å². The van der Waals surface area contributed by atoms with E-state index in [1.54, 1.807) is 0 Å². The highest BCUT2D eigenvalue weighted by molar-refractivity contribution is 14.0. The molecule has 2 unspecified atom stereocenters. The number of likely N-dealkylation sites (tertiary alicyclic amines) is 1. The van der Waals surface area contributed by atoms with E-state index in [4.69, 9.17) is 4.99 Å². The Hall–Kier alpha value is -0.820. The van der Waals surface area contributed by atoms with E-state index in [0.29, 0.717) is 5.92 Å². The highest BCUT2D eigenvalue weighted by Gasteiger charge is 2.18. The quantitative estimate of drug-likeness (QED) is 0.372. The first kappa shape index (κ1) is 22.2. The Morgan fingerprint density at radius 3 is 2.68 bits per heavy atom. The smallest absolute Gasteiger partial charge is 0.191 e. The number of guanidine groups is 1. The van der Waals surface area contributed by atoms with Crippen LogP contribution in [0.15, 0.2) is 35.3 Å². The van der Waals surface area contributed by atoms with Crippen LogP contribution in [0, 0.1) is 5.92 Å². The molecule has 1 heterocycles. The zero-order valence-corrected chi connectivity index (χ0v) is 18.3. The standard InChI is InChI=1S/C20H34N4.HI/c1-4-21-20(22-14-17(3)19-11-7-6-8-12-19)23-15-18-10-9-13-24(5-2)16-18;/h6-8,11-12,17-18H,4-5,9-10,13-16H2,1-3H3,(H2,21,22,23);1H. The molecule has 0 amide bonds. The lowest BCUT2D eigenvalue weighted by molar-refractivity contribution is 0.183. The van der Waals surface area contributed by atoms with Crippen LogP contribution in [0.25, 0.3) is 0 Å². The Kier molecular flexibility index (Phi) is 11.1. The van der Waals surface area contributed by atoms with Crippen molar-refractivity contribution in [3.05, 3.63) is 35.9 Å². The van der Waals surface area contributed by atoms with Crippen molar-refractivity contribution >= 4 is 29.9 Å². The third-order valence-corrected chi connectivity index (χ3v) is 4.84. The summed E-state index contributed by atoms with van der Waals surface area (Å²) in [5, 5.41) is 6.93. The van der Waals surface area contributed by atoms with Gasteiger partial charge in [-0.25, -0.2) is 0 Å². The molecule has 1 saturated heterocycles. The molecule has 25 heavy (non-hydrogen) atoms. The second kappa shape index (κ2) is 12.5. The molecule has 1 aliphatic rings. The molecule has 4 nitrogen and oxygen atoms in total. The van der Waals surface area contributed by atoms with Crippen LogP contribution >= 0.6 is 24.0 Å². The van der Waals surface area contributed by atoms with Crippen LogP contribution in [0.4, 0.5) is 0 Å². The maximum Gasteiger partial charge on any atom is 0.191 e. The Bertz CT molecular complexity index is 492. The van der Waals surface area contributed by atoms with Crippen LogP contribution in [-0.4, -0.2) is 50.1 Å². The van der Waals surface area contributed by atoms with Gasteiger partial charge in [0.1, 0.15) is 0 Å². The molecule has 0 radical (unpaired) electrons. The van der Waals surface area contributed by atoms with E-state index in [1.807, 2.05) is 0 Å². The van der Waals surface area contributed by atoms with Gasteiger partial charge in [0.15, 0.2) is 5.96 Å². The number of nitrogens with one attached hydrogen (secondary N) is 2. The highest BCUT2D eigenvalue weighted by Crippen LogP contribution is 2.16. The van der Waals surface area contributed by atoms with Gasteiger partial charge in [0.2, 0.25) is 0 Å². The number of aliphatic imine (C=N–C) groups is 1. The van der Waals surface area contributed by atoms with Crippen LogP contribution in [0.1, 0.15) is 45.1 Å². The summed E-state index contributed by atoms with van der Waals surface area (Å²) in [7, 11) is 0. The molecule has 0 aromatic heterocycles. The van der Waals surface area contributed by atoms with Gasteiger partial charge in [-0.05, 0) is 44.3 Å². The van der Waals surface area contributed by atoms with Gasteiger partial charge in [-0.2, -0.15) is 0 Å². The first-order valence-corrected chi connectivity index (χ1v) is 9.52. The van der Waals surface area contributed by atoms with Gasteiger partial charge >= 0.3 is 0 Å². The van der Waals surface area contributed by atoms with Crippen molar-refractivity contribution in [2.45, 2.75) is 39.5 Å². The average Bonchev–Trinajstić information content (AvgIpc) is 2.64. The monoisotopic (exact) mass is 458 g/mol. The fourth-order valence-electron chi connectivity index (χ4n) is 3.30. The Labute approximate surface area is 170 Å². The lowest BCUT2D eigenvalue weighted by Crippen LogP contribution is -2.44. The molecular weight excluding hydrogens is 423 g/mol. The fraction of sp³-hybridized carbons (Fsp3) is 0.650.